The van der Waals surface area contributed by atoms with Gasteiger partial charge in [0.05, 0.1) is 12.6 Å². The van der Waals surface area contributed by atoms with E-state index in [0.29, 0.717) is 18.8 Å². The highest BCUT2D eigenvalue weighted by Crippen LogP contribution is 2.18. The molecule has 0 aliphatic carbocycles. The average molecular weight is 280 g/mol. The number of piperidine rings is 1. The molecule has 0 radical (unpaired) electrons. The summed E-state index contributed by atoms with van der Waals surface area (Å²) in [6, 6.07) is 2.57. The van der Waals surface area contributed by atoms with Crippen LogP contribution in [0.1, 0.15) is 43.8 Å². The minimum absolute atomic E-state index is 0.383. The third-order valence-corrected chi connectivity index (χ3v) is 3.87. The van der Waals surface area contributed by atoms with Crippen LogP contribution in [0.25, 0.3) is 0 Å². The second-order valence-electron chi connectivity index (χ2n) is 6.17. The van der Waals surface area contributed by atoms with Crippen LogP contribution in [0.15, 0.2) is 10.5 Å². The zero-order valence-corrected chi connectivity index (χ0v) is 13.2. The number of rotatable bonds is 6. The summed E-state index contributed by atoms with van der Waals surface area (Å²) >= 11 is 0. The largest absolute Gasteiger partial charge is 0.462 e. The van der Waals surface area contributed by atoms with Gasteiger partial charge in [-0.3, -0.25) is 0 Å². The predicted molar refractivity (Wildman–Crippen MR) is 80.7 cm³/mol. The summed E-state index contributed by atoms with van der Waals surface area (Å²) < 4.78 is 11.8. The molecule has 2 heterocycles. The minimum atomic E-state index is 0.383. The van der Waals surface area contributed by atoms with Gasteiger partial charge in [0.25, 0.3) is 0 Å². The molecule has 1 fully saturated rings. The highest BCUT2D eigenvalue weighted by molar-refractivity contribution is 5.19. The van der Waals surface area contributed by atoms with Gasteiger partial charge in [-0.15, -0.1) is 0 Å². The van der Waals surface area contributed by atoms with Crippen LogP contribution in [0.5, 0.6) is 0 Å². The van der Waals surface area contributed by atoms with Crippen molar-refractivity contribution in [1.82, 2.24) is 10.2 Å². The van der Waals surface area contributed by atoms with Crippen LogP contribution < -0.4 is 5.32 Å². The Balaban J connectivity index is 1.79. The van der Waals surface area contributed by atoms with Crippen molar-refractivity contribution in [3.8, 4) is 0 Å². The summed E-state index contributed by atoms with van der Waals surface area (Å²) in [7, 11) is 2.17. The minimum Gasteiger partial charge on any atom is -0.462 e. The predicted octanol–water partition coefficient (Wildman–Crippen LogP) is 2.70. The number of likely N-dealkylation sites (tertiary alicyclic amines) is 1. The molecule has 0 saturated carbocycles. The summed E-state index contributed by atoms with van der Waals surface area (Å²) in [6.45, 7) is 10.0. The number of nitrogens with one attached hydrogen (secondary N) is 1. The lowest BCUT2D eigenvalue weighted by Crippen LogP contribution is -2.34. The molecule has 4 nitrogen and oxygen atoms in total. The topological polar surface area (TPSA) is 37.6 Å². The first kappa shape index (κ1) is 15.5. The summed E-state index contributed by atoms with van der Waals surface area (Å²) in [5.41, 5.74) is 1.21. The first-order chi connectivity index (χ1) is 9.54. The van der Waals surface area contributed by atoms with E-state index in [-0.39, 0.29) is 0 Å². The normalized spacial score (nSPS) is 18.1. The molecular weight excluding hydrogens is 252 g/mol. The number of hydrogen-bond donors (Lipinski definition) is 1. The molecule has 1 aliphatic heterocycles. The summed E-state index contributed by atoms with van der Waals surface area (Å²) in [4.78, 5) is 2.35. The van der Waals surface area contributed by atoms with Crippen LogP contribution in [-0.2, 0) is 17.9 Å². The van der Waals surface area contributed by atoms with Gasteiger partial charge in [-0.2, -0.15) is 0 Å². The molecule has 0 aromatic carbocycles. The van der Waals surface area contributed by atoms with Crippen LogP contribution in [-0.4, -0.2) is 37.2 Å². The molecular formula is C16H28N2O2. The summed E-state index contributed by atoms with van der Waals surface area (Å²) in [5.74, 6) is 1.97. The molecule has 1 saturated heterocycles. The van der Waals surface area contributed by atoms with Gasteiger partial charge in [0, 0.05) is 19.1 Å². The van der Waals surface area contributed by atoms with Crippen LogP contribution >= 0.6 is 0 Å². The van der Waals surface area contributed by atoms with E-state index in [1.165, 1.54) is 5.56 Å². The van der Waals surface area contributed by atoms with Crippen LogP contribution in [0, 0.1) is 6.92 Å². The van der Waals surface area contributed by atoms with Gasteiger partial charge in [-0.25, -0.2) is 0 Å². The van der Waals surface area contributed by atoms with Crippen LogP contribution in [0.2, 0.25) is 0 Å². The van der Waals surface area contributed by atoms with Crippen molar-refractivity contribution in [2.24, 2.45) is 0 Å². The van der Waals surface area contributed by atoms with Gasteiger partial charge in [-0.1, -0.05) is 13.8 Å². The lowest BCUT2D eigenvalue weighted by atomic mass is 10.1. The zero-order valence-electron chi connectivity index (χ0n) is 13.2. The zero-order chi connectivity index (χ0) is 14.5. The Morgan fingerprint density at radius 2 is 2.10 bits per heavy atom. The van der Waals surface area contributed by atoms with Gasteiger partial charge in [0.15, 0.2) is 0 Å². The molecule has 0 amide bonds. The Morgan fingerprint density at radius 3 is 2.75 bits per heavy atom. The standard InChI is InChI=1S/C16H28N2O2/c1-12(2)17-10-16-13(3)9-15(20-16)11-19-14-5-7-18(4)8-6-14/h9,12,14,17H,5-8,10-11H2,1-4H3. The van der Waals surface area contributed by atoms with Crippen molar-refractivity contribution in [2.45, 2.75) is 58.9 Å². The second-order valence-corrected chi connectivity index (χ2v) is 6.17. The molecule has 20 heavy (non-hydrogen) atoms. The van der Waals surface area contributed by atoms with Crippen molar-refractivity contribution >= 4 is 0 Å². The van der Waals surface area contributed by atoms with Gasteiger partial charge >= 0.3 is 0 Å². The van der Waals surface area contributed by atoms with E-state index in [2.05, 4.69) is 44.1 Å². The van der Waals surface area contributed by atoms with Gasteiger partial charge in [0.1, 0.15) is 18.1 Å². The SMILES string of the molecule is Cc1cc(COC2CCN(C)CC2)oc1CNC(C)C. The molecule has 1 aromatic rings. The highest BCUT2D eigenvalue weighted by atomic mass is 16.5. The lowest BCUT2D eigenvalue weighted by molar-refractivity contribution is -0.00512. The van der Waals surface area contributed by atoms with Crippen molar-refractivity contribution in [3.05, 3.63) is 23.2 Å². The number of furan rings is 1. The molecule has 1 N–H and O–H groups in total. The Hall–Kier alpha value is -0.840. The van der Waals surface area contributed by atoms with Crippen LogP contribution in [0.3, 0.4) is 0 Å². The molecule has 4 heteroatoms. The molecule has 114 valence electrons. The van der Waals surface area contributed by atoms with E-state index in [1.54, 1.807) is 0 Å². The molecule has 0 bridgehead atoms. The van der Waals surface area contributed by atoms with E-state index < -0.39 is 0 Å². The molecule has 0 unspecified atom stereocenters. The number of hydrogen-bond acceptors (Lipinski definition) is 4. The first-order valence-corrected chi connectivity index (χ1v) is 7.66. The first-order valence-electron chi connectivity index (χ1n) is 7.66. The third kappa shape index (κ3) is 4.62. The second kappa shape index (κ2) is 7.25. The maximum Gasteiger partial charge on any atom is 0.130 e. The van der Waals surface area contributed by atoms with Gasteiger partial charge < -0.3 is 19.4 Å². The van der Waals surface area contributed by atoms with Crippen molar-refractivity contribution in [3.63, 3.8) is 0 Å². The maximum atomic E-state index is 5.97. The third-order valence-electron chi connectivity index (χ3n) is 3.87. The Morgan fingerprint density at radius 1 is 1.40 bits per heavy atom. The van der Waals surface area contributed by atoms with E-state index in [4.69, 9.17) is 9.15 Å². The maximum absolute atomic E-state index is 5.97. The Bertz CT molecular complexity index is 407. The van der Waals surface area contributed by atoms with E-state index >= 15 is 0 Å². The fourth-order valence-electron chi connectivity index (χ4n) is 2.49. The van der Waals surface area contributed by atoms with Crippen molar-refractivity contribution < 1.29 is 9.15 Å². The molecule has 0 atom stereocenters. The Kier molecular flexibility index (Phi) is 5.64. The fourth-order valence-corrected chi connectivity index (χ4v) is 2.49. The summed E-state index contributed by atoms with van der Waals surface area (Å²) in [5, 5.41) is 3.39. The molecule has 0 spiro atoms. The van der Waals surface area contributed by atoms with Crippen LogP contribution in [0.4, 0.5) is 0 Å². The lowest BCUT2D eigenvalue weighted by Gasteiger charge is -2.28. The number of ether oxygens (including phenoxy) is 1. The van der Waals surface area contributed by atoms with E-state index in [0.717, 1.165) is 44.0 Å². The van der Waals surface area contributed by atoms with Gasteiger partial charge in [-0.05, 0) is 38.4 Å². The van der Waals surface area contributed by atoms with Crippen molar-refractivity contribution in [2.75, 3.05) is 20.1 Å². The number of nitrogens with zero attached hydrogens (tertiary/aromatic N) is 1. The van der Waals surface area contributed by atoms with Gasteiger partial charge in [0.2, 0.25) is 0 Å². The molecule has 1 aliphatic rings. The van der Waals surface area contributed by atoms with Crippen molar-refractivity contribution in [1.29, 1.82) is 0 Å². The average Bonchev–Trinajstić information content (AvgIpc) is 2.76. The Labute approximate surface area is 122 Å². The highest BCUT2D eigenvalue weighted by Gasteiger charge is 2.18. The smallest absolute Gasteiger partial charge is 0.130 e. The summed E-state index contributed by atoms with van der Waals surface area (Å²) in [6.07, 6.45) is 2.63. The molecule has 2 rings (SSSR count). The number of aryl methyl sites for hydroxylation is 1. The fraction of sp³-hybridized carbons (Fsp3) is 0.750. The van der Waals surface area contributed by atoms with E-state index in [9.17, 15) is 0 Å². The molecule has 1 aromatic heterocycles. The van der Waals surface area contributed by atoms with E-state index in [1.807, 2.05) is 0 Å². The quantitative estimate of drug-likeness (QED) is 0.869. The monoisotopic (exact) mass is 280 g/mol.